The van der Waals surface area contributed by atoms with Crippen LogP contribution in [-0.2, 0) is 11.2 Å². The third-order valence-electron chi connectivity index (χ3n) is 3.42. The van der Waals surface area contributed by atoms with Gasteiger partial charge in [-0.05, 0) is 36.0 Å². The summed E-state index contributed by atoms with van der Waals surface area (Å²) in [5, 5.41) is 8.93. The fourth-order valence-electron chi connectivity index (χ4n) is 2.20. The smallest absolute Gasteiger partial charge is 0.307 e. The molecule has 16 heavy (non-hydrogen) atoms. The summed E-state index contributed by atoms with van der Waals surface area (Å²) in [6.45, 7) is 2.04. The number of hydrogen-bond acceptors (Lipinski definition) is 2. The zero-order chi connectivity index (χ0) is 11.8. The van der Waals surface area contributed by atoms with Crippen LogP contribution < -0.4 is 4.74 Å². The second-order valence-electron chi connectivity index (χ2n) is 4.77. The van der Waals surface area contributed by atoms with Gasteiger partial charge in [0.15, 0.2) is 0 Å². The highest BCUT2D eigenvalue weighted by molar-refractivity contribution is 5.74. The molecule has 2 rings (SSSR count). The van der Waals surface area contributed by atoms with Crippen molar-refractivity contribution in [1.82, 2.24) is 0 Å². The highest BCUT2D eigenvalue weighted by Gasteiger charge is 2.54. The number of aliphatic carboxylic acids is 1. The minimum absolute atomic E-state index is 0.0551. The number of benzene rings is 1. The minimum atomic E-state index is -0.670. The number of rotatable bonds is 4. The summed E-state index contributed by atoms with van der Waals surface area (Å²) in [4.78, 5) is 10.8. The molecule has 2 unspecified atom stereocenters. The molecule has 0 aliphatic heterocycles. The summed E-state index contributed by atoms with van der Waals surface area (Å²) in [7, 11) is 1.64. The molecule has 1 fully saturated rings. The zero-order valence-electron chi connectivity index (χ0n) is 9.56. The lowest BCUT2D eigenvalue weighted by Crippen LogP contribution is -2.09. The first-order valence-electron chi connectivity index (χ1n) is 5.41. The number of ether oxygens (including phenoxy) is 1. The Kier molecular flexibility index (Phi) is 2.62. The number of hydrogen-bond donors (Lipinski definition) is 1. The van der Waals surface area contributed by atoms with E-state index in [1.165, 1.54) is 5.56 Å². The lowest BCUT2D eigenvalue weighted by Gasteiger charge is -2.10. The molecule has 2 atom stereocenters. The van der Waals surface area contributed by atoms with Crippen LogP contribution in [0.5, 0.6) is 5.75 Å². The van der Waals surface area contributed by atoms with E-state index in [1.54, 1.807) is 7.11 Å². The third-order valence-corrected chi connectivity index (χ3v) is 3.42. The largest absolute Gasteiger partial charge is 0.497 e. The number of methoxy groups -OCH3 is 1. The summed E-state index contributed by atoms with van der Waals surface area (Å²) < 4.78 is 5.08. The van der Waals surface area contributed by atoms with Crippen molar-refractivity contribution >= 4 is 5.97 Å². The SMILES string of the molecule is COc1ccc(CC2(C)CC2C(=O)O)cc1. The quantitative estimate of drug-likeness (QED) is 0.847. The van der Waals surface area contributed by atoms with E-state index in [4.69, 9.17) is 9.84 Å². The number of carboxylic acid groups (broad SMARTS) is 1. The van der Waals surface area contributed by atoms with Crippen LogP contribution in [0, 0.1) is 11.3 Å². The van der Waals surface area contributed by atoms with Gasteiger partial charge in [-0.3, -0.25) is 4.79 Å². The molecule has 0 heterocycles. The van der Waals surface area contributed by atoms with Gasteiger partial charge in [-0.25, -0.2) is 0 Å². The van der Waals surface area contributed by atoms with Gasteiger partial charge in [-0.1, -0.05) is 19.1 Å². The molecule has 0 radical (unpaired) electrons. The lowest BCUT2D eigenvalue weighted by atomic mass is 9.96. The van der Waals surface area contributed by atoms with Crippen molar-refractivity contribution in [1.29, 1.82) is 0 Å². The second-order valence-corrected chi connectivity index (χ2v) is 4.77. The van der Waals surface area contributed by atoms with Crippen LogP contribution in [0.15, 0.2) is 24.3 Å². The predicted octanol–water partition coefficient (Wildman–Crippen LogP) is 2.35. The molecular weight excluding hydrogens is 204 g/mol. The Labute approximate surface area is 95.0 Å². The molecule has 1 aromatic rings. The number of carbonyl (C=O) groups is 1. The van der Waals surface area contributed by atoms with E-state index < -0.39 is 5.97 Å². The van der Waals surface area contributed by atoms with Gasteiger partial charge in [0.2, 0.25) is 0 Å². The minimum Gasteiger partial charge on any atom is -0.497 e. The summed E-state index contributed by atoms with van der Waals surface area (Å²) in [6, 6.07) is 7.83. The normalized spacial score (nSPS) is 27.5. The molecule has 0 spiro atoms. The highest BCUT2D eigenvalue weighted by Crippen LogP contribution is 2.54. The average molecular weight is 220 g/mol. The molecule has 86 valence electrons. The summed E-state index contributed by atoms with van der Waals surface area (Å²) in [5.74, 6) is -0.00917. The van der Waals surface area contributed by atoms with Crippen LogP contribution >= 0.6 is 0 Å². The molecule has 0 amide bonds. The van der Waals surface area contributed by atoms with E-state index in [0.29, 0.717) is 0 Å². The molecule has 3 nitrogen and oxygen atoms in total. The Balaban J connectivity index is 2.02. The van der Waals surface area contributed by atoms with Crippen LogP contribution in [0.1, 0.15) is 18.9 Å². The van der Waals surface area contributed by atoms with Crippen molar-refractivity contribution in [3.63, 3.8) is 0 Å². The van der Waals surface area contributed by atoms with Gasteiger partial charge in [0, 0.05) is 0 Å². The number of carboxylic acids is 1. The van der Waals surface area contributed by atoms with Crippen LogP contribution in [0.4, 0.5) is 0 Å². The first kappa shape index (κ1) is 11.0. The van der Waals surface area contributed by atoms with Crippen molar-refractivity contribution in [3.05, 3.63) is 29.8 Å². The molecule has 0 bridgehead atoms. The molecule has 1 N–H and O–H groups in total. The van der Waals surface area contributed by atoms with E-state index in [2.05, 4.69) is 0 Å². The zero-order valence-corrected chi connectivity index (χ0v) is 9.56. The highest BCUT2D eigenvalue weighted by atomic mass is 16.5. The summed E-state index contributed by atoms with van der Waals surface area (Å²) >= 11 is 0. The molecule has 1 aliphatic rings. The molecule has 1 aromatic carbocycles. The summed E-state index contributed by atoms with van der Waals surface area (Å²) in [5.41, 5.74) is 1.12. The van der Waals surface area contributed by atoms with Crippen molar-refractivity contribution in [2.75, 3.05) is 7.11 Å². The van der Waals surface area contributed by atoms with E-state index in [1.807, 2.05) is 31.2 Å². The van der Waals surface area contributed by atoms with Crippen molar-refractivity contribution in [2.45, 2.75) is 19.8 Å². The molecule has 0 saturated heterocycles. The fourth-order valence-corrected chi connectivity index (χ4v) is 2.20. The van der Waals surface area contributed by atoms with Gasteiger partial charge in [-0.15, -0.1) is 0 Å². The Morgan fingerprint density at radius 2 is 2.12 bits per heavy atom. The maximum absolute atomic E-state index is 10.8. The van der Waals surface area contributed by atoms with Gasteiger partial charge in [0.05, 0.1) is 13.0 Å². The molecule has 3 heteroatoms. The van der Waals surface area contributed by atoms with Gasteiger partial charge < -0.3 is 9.84 Å². The van der Waals surface area contributed by atoms with Crippen molar-refractivity contribution in [2.24, 2.45) is 11.3 Å². The van der Waals surface area contributed by atoms with Gasteiger partial charge >= 0.3 is 5.97 Å². The molecule has 0 aromatic heterocycles. The van der Waals surface area contributed by atoms with Gasteiger partial charge in [0.25, 0.3) is 0 Å². The standard InChI is InChI=1S/C13H16O3/c1-13(8-11(13)12(14)15)7-9-3-5-10(16-2)6-4-9/h3-6,11H,7-8H2,1-2H3,(H,14,15). The Bertz CT molecular complexity index is 396. The van der Waals surface area contributed by atoms with Crippen molar-refractivity contribution in [3.8, 4) is 5.75 Å². The van der Waals surface area contributed by atoms with Crippen LogP contribution in [0.3, 0.4) is 0 Å². The molecular formula is C13H16O3. The predicted molar refractivity (Wildman–Crippen MR) is 60.5 cm³/mol. The fraction of sp³-hybridized carbons (Fsp3) is 0.462. The Morgan fingerprint density at radius 1 is 1.50 bits per heavy atom. The van der Waals surface area contributed by atoms with Crippen LogP contribution in [0.2, 0.25) is 0 Å². The summed E-state index contributed by atoms with van der Waals surface area (Å²) in [6.07, 6.45) is 1.61. The maximum atomic E-state index is 10.8. The van der Waals surface area contributed by atoms with E-state index >= 15 is 0 Å². The van der Waals surface area contributed by atoms with Gasteiger partial charge in [0.1, 0.15) is 5.75 Å². The molecule has 1 saturated carbocycles. The topological polar surface area (TPSA) is 46.5 Å². The van der Waals surface area contributed by atoms with Crippen LogP contribution in [-0.4, -0.2) is 18.2 Å². The Morgan fingerprint density at radius 3 is 2.56 bits per heavy atom. The van der Waals surface area contributed by atoms with E-state index in [-0.39, 0.29) is 11.3 Å². The van der Waals surface area contributed by atoms with Crippen molar-refractivity contribution < 1.29 is 14.6 Å². The first-order chi connectivity index (χ1) is 7.55. The molecule has 1 aliphatic carbocycles. The Hall–Kier alpha value is -1.51. The van der Waals surface area contributed by atoms with Crippen LogP contribution in [0.25, 0.3) is 0 Å². The van der Waals surface area contributed by atoms with E-state index in [9.17, 15) is 4.79 Å². The van der Waals surface area contributed by atoms with E-state index in [0.717, 1.165) is 18.6 Å². The second kappa shape index (κ2) is 3.81. The monoisotopic (exact) mass is 220 g/mol. The maximum Gasteiger partial charge on any atom is 0.307 e. The third kappa shape index (κ3) is 2.03. The lowest BCUT2D eigenvalue weighted by molar-refractivity contribution is -0.139. The first-order valence-corrected chi connectivity index (χ1v) is 5.41. The van der Waals surface area contributed by atoms with Gasteiger partial charge in [-0.2, -0.15) is 0 Å². The average Bonchev–Trinajstić information content (AvgIpc) is 2.92.